The van der Waals surface area contributed by atoms with Gasteiger partial charge >= 0.3 is 0 Å². The zero-order valence-electron chi connectivity index (χ0n) is 17.9. The number of aryl methyl sites for hydroxylation is 1. The lowest BCUT2D eigenvalue weighted by molar-refractivity contribution is -0.132. The fourth-order valence-corrected chi connectivity index (χ4v) is 3.80. The molecule has 1 aliphatic rings. The minimum absolute atomic E-state index is 0.0178. The van der Waals surface area contributed by atoms with Gasteiger partial charge in [-0.2, -0.15) is 0 Å². The van der Waals surface area contributed by atoms with Crippen LogP contribution in [-0.4, -0.2) is 36.0 Å². The van der Waals surface area contributed by atoms with E-state index in [0.29, 0.717) is 28.3 Å². The summed E-state index contributed by atoms with van der Waals surface area (Å²) in [6, 6.07) is 14.7. The van der Waals surface area contributed by atoms with E-state index < -0.39 is 17.7 Å². The molecule has 3 aromatic rings. The van der Waals surface area contributed by atoms with Gasteiger partial charge in [0.2, 0.25) is 0 Å². The molecule has 0 spiro atoms. The number of aliphatic hydroxyl groups is 1. The highest BCUT2D eigenvalue weighted by molar-refractivity contribution is 6.51. The van der Waals surface area contributed by atoms with Crippen molar-refractivity contribution in [3.63, 3.8) is 0 Å². The second kappa shape index (κ2) is 8.55. The highest BCUT2D eigenvalue weighted by Gasteiger charge is 2.47. The first-order valence-electron chi connectivity index (χ1n) is 9.96. The summed E-state index contributed by atoms with van der Waals surface area (Å²) in [6.07, 6.45) is 3.19. The van der Waals surface area contributed by atoms with Crippen LogP contribution in [0.4, 0.5) is 5.69 Å². The zero-order valence-corrected chi connectivity index (χ0v) is 17.9. The van der Waals surface area contributed by atoms with Gasteiger partial charge in [-0.15, -0.1) is 0 Å². The van der Waals surface area contributed by atoms with Gasteiger partial charge in [-0.25, -0.2) is 0 Å². The molecule has 2 heterocycles. The number of aromatic nitrogens is 1. The molecular weight excluding hydrogens is 408 g/mol. The summed E-state index contributed by atoms with van der Waals surface area (Å²) >= 11 is 0. The smallest absolute Gasteiger partial charge is 0.300 e. The van der Waals surface area contributed by atoms with E-state index in [1.807, 2.05) is 19.1 Å². The topological polar surface area (TPSA) is 89.0 Å². The molecule has 7 heteroatoms. The van der Waals surface area contributed by atoms with Crippen LogP contribution in [0.25, 0.3) is 5.76 Å². The molecule has 0 saturated carbocycles. The largest absolute Gasteiger partial charge is 0.507 e. The number of carbonyl (C=O) groups excluding carboxylic acids is 2. The molecule has 1 fully saturated rings. The van der Waals surface area contributed by atoms with Gasteiger partial charge in [0.15, 0.2) is 11.5 Å². The molecule has 0 bridgehead atoms. The molecule has 2 aromatic carbocycles. The summed E-state index contributed by atoms with van der Waals surface area (Å²) in [5.74, 6) is -0.917. The summed E-state index contributed by atoms with van der Waals surface area (Å²) in [6.45, 7) is 1.94. The third-order valence-electron chi connectivity index (χ3n) is 5.41. The average Bonchev–Trinajstić information content (AvgIpc) is 3.09. The number of ketones is 1. The normalized spacial score (nSPS) is 17.5. The van der Waals surface area contributed by atoms with Crippen molar-refractivity contribution in [3.05, 3.63) is 89.3 Å². The number of hydrogen-bond acceptors (Lipinski definition) is 6. The van der Waals surface area contributed by atoms with Crippen molar-refractivity contribution in [2.75, 3.05) is 19.1 Å². The predicted molar refractivity (Wildman–Crippen MR) is 120 cm³/mol. The van der Waals surface area contributed by atoms with Gasteiger partial charge in [-0.1, -0.05) is 23.8 Å². The first kappa shape index (κ1) is 21.1. The first-order chi connectivity index (χ1) is 15.5. The Morgan fingerprint density at radius 1 is 1.00 bits per heavy atom. The number of benzene rings is 2. The summed E-state index contributed by atoms with van der Waals surface area (Å²) in [5, 5.41) is 11.2. The summed E-state index contributed by atoms with van der Waals surface area (Å²) in [4.78, 5) is 31.8. The summed E-state index contributed by atoms with van der Waals surface area (Å²) < 4.78 is 10.6. The third kappa shape index (κ3) is 3.58. The number of nitrogens with zero attached hydrogens (tertiary/aromatic N) is 2. The van der Waals surface area contributed by atoms with Crippen LogP contribution in [0.5, 0.6) is 11.5 Å². The number of Topliss-reactive ketones (excluding diaryl/α,β-unsaturated/α-hetero) is 1. The van der Waals surface area contributed by atoms with Gasteiger partial charge in [-0.3, -0.25) is 19.5 Å². The molecule has 1 unspecified atom stereocenters. The Labute approximate surface area is 185 Å². The first-order valence-corrected chi connectivity index (χ1v) is 9.96. The van der Waals surface area contributed by atoms with E-state index in [1.165, 1.54) is 19.1 Å². The molecule has 1 amide bonds. The molecule has 1 saturated heterocycles. The van der Waals surface area contributed by atoms with Crippen LogP contribution in [0.3, 0.4) is 0 Å². The fraction of sp³-hybridized carbons (Fsp3) is 0.160. The Morgan fingerprint density at radius 2 is 1.72 bits per heavy atom. The predicted octanol–water partition coefficient (Wildman–Crippen LogP) is 4.03. The van der Waals surface area contributed by atoms with E-state index in [9.17, 15) is 14.7 Å². The molecule has 162 valence electrons. The van der Waals surface area contributed by atoms with E-state index in [4.69, 9.17) is 9.47 Å². The second-order valence-electron chi connectivity index (χ2n) is 7.36. The number of ether oxygens (including phenoxy) is 2. The van der Waals surface area contributed by atoms with Crippen LogP contribution in [0.15, 0.2) is 72.6 Å². The molecule has 4 rings (SSSR count). The number of hydrogen-bond donors (Lipinski definition) is 1. The van der Waals surface area contributed by atoms with E-state index in [1.54, 1.807) is 54.9 Å². The van der Waals surface area contributed by atoms with Gasteiger partial charge in [-0.05, 0) is 48.9 Å². The van der Waals surface area contributed by atoms with Gasteiger partial charge < -0.3 is 14.6 Å². The number of methoxy groups -OCH3 is 2. The minimum atomic E-state index is -0.834. The maximum Gasteiger partial charge on any atom is 0.300 e. The monoisotopic (exact) mass is 430 g/mol. The molecule has 0 radical (unpaired) electrons. The van der Waals surface area contributed by atoms with Crippen molar-refractivity contribution in [2.45, 2.75) is 13.0 Å². The van der Waals surface area contributed by atoms with Crippen molar-refractivity contribution >= 4 is 23.1 Å². The zero-order chi connectivity index (χ0) is 22.8. The maximum absolute atomic E-state index is 13.1. The van der Waals surface area contributed by atoms with Crippen LogP contribution < -0.4 is 14.4 Å². The maximum atomic E-state index is 13.1. The van der Waals surface area contributed by atoms with Crippen LogP contribution in [-0.2, 0) is 9.59 Å². The molecule has 1 aliphatic heterocycles. The van der Waals surface area contributed by atoms with Crippen molar-refractivity contribution in [3.8, 4) is 11.5 Å². The summed E-state index contributed by atoms with van der Waals surface area (Å²) in [5.41, 5.74) is 2.50. The number of carbonyl (C=O) groups is 2. The SMILES string of the molecule is COc1ccc(/C(O)=C2/C(=O)C(=O)N(c3ccc(C)cc3)C2c2cccnc2)cc1OC. The molecule has 1 atom stereocenters. The Bertz CT molecular complexity index is 1200. The molecular formula is C25H22N2O5. The molecule has 7 nitrogen and oxygen atoms in total. The molecule has 1 N–H and O–H groups in total. The quantitative estimate of drug-likeness (QED) is 0.373. The van der Waals surface area contributed by atoms with E-state index in [-0.39, 0.29) is 11.3 Å². The number of amides is 1. The highest BCUT2D eigenvalue weighted by Crippen LogP contribution is 2.42. The Balaban J connectivity index is 1.92. The van der Waals surface area contributed by atoms with E-state index in [0.717, 1.165) is 5.56 Å². The van der Waals surface area contributed by atoms with Gasteiger partial charge in [0.1, 0.15) is 5.76 Å². The van der Waals surface area contributed by atoms with Crippen LogP contribution in [0.2, 0.25) is 0 Å². The Hall–Kier alpha value is -4.13. The van der Waals surface area contributed by atoms with Crippen LogP contribution in [0.1, 0.15) is 22.7 Å². The van der Waals surface area contributed by atoms with Crippen LogP contribution in [0, 0.1) is 6.92 Å². The molecule has 32 heavy (non-hydrogen) atoms. The standard InChI is InChI=1S/C25H22N2O5/c1-15-6-9-18(10-7-15)27-22(17-5-4-12-26-14-17)21(24(29)25(27)30)23(28)16-8-11-19(31-2)20(13-16)32-3/h4-14,22,28H,1-3H3/b23-21-. The van der Waals surface area contributed by atoms with E-state index >= 15 is 0 Å². The fourth-order valence-electron chi connectivity index (χ4n) is 3.80. The number of pyridine rings is 1. The van der Waals surface area contributed by atoms with E-state index in [2.05, 4.69) is 4.98 Å². The number of rotatable bonds is 5. The summed E-state index contributed by atoms with van der Waals surface area (Å²) in [7, 11) is 2.99. The lowest BCUT2D eigenvalue weighted by Gasteiger charge is -2.25. The van der Waals surface area contributed by atoms with Crippen molar-refractivity contribution in [1.29, 1.82) is 0 Å². The second-order valence-corrected chi connectivity index (χ2v) is 7.36. The third-order valence-corrected chi connectivity index (χ3v) is 5.41. The number of anilines is 1. The van der Waals surface area contributed by atoms with Gasteiger partial charge in [0.05, 0.1) is 25.8 Å². The Morgan fingerprint density at radius 3 is 2.34 bits per heavy atom. The highest BCUT2D eigenvalue weighted by atomic mass is 16.5. The van der Waals surface area contributed by atoms with Gasteiger partial charge in [0, 0.05) is 23.6 Å². The molecule has 0 aliphatic carbocycles. The van der Waals surface area contributed by atoms with Crippen LogP contribution >= 0.6 is 0 Å². The average molecular weight is 430 g/mol. The lowest BCUT2D eigenvalue weighted by Crippen LogP contribution is -2.29. The number of aliphatic hydroxyl groups excluding tert-OH is 1. The van der Waals surface area contributed by atoms with Crippen molar-refractivity contribution in [1.82, 2.24) is 4.98 Å². The van der Waals surface area contributed by atoms with Crippen molar-refractivity contribution in [2.24, 2.45) is 0 Å². The van der Waals surface area contributed by atoms with Crippen molar-refractivity contribution < 1.29 is 24.2 Å². The Kier molecular flexibility index (Phi) is 5.64. The minimum Gasteiger partial charge on any atom is -0.507 e. The lowest BCUT2D eigenvalue weighted by atomic mass is 9.96. The van der Waals surface area contributed by atoms with Gasteiger partial charge in [0.25, 0.3) is 11.7 Å². The molecule has 1 aromatic heterocycles.